The first-order valence-corrected chi connectivity index (χ1v) is 7.62. The van der Waals surface area contributed by atoms with Crippen LogP contribution in [0.15, 0.2) is 36.5 Å². The number of hydrogen-bond donors (Lipinski definition) is 1. The zero-order valence-corrected chi connectivity index (χ0v) is 11.3. The minimum Gasteiger partial charge on any atom is -0.327 e. The second-order valence-corrected chi connectivity index (χ2v) is 5.91. The number of benzene rings is 1. The summed E-state index contributed by atoms with van der Waals surface area (Å²) in [6.07, 6.45) is 2.64. The Labute approximate surface area is 110 Å². The van der Waals surface area contributed by atoms with Crippen LogP contribution in [-0.4, -0.2) is 21.0 Å². The standard InChI is InChI=1S/C14H18N2OS/c1-2-12(15)10-18(17)9-11-7-8-16-14-6-4-3-5-13(11)14/h3-8,12H,2,9-10,15H2,1H3. The first-order chi connectivity index (χ1) is 8.70. The lowest BCUT2D eigenvalue weighted by Crippen LogP contribution is -2.26. The number of nitrogens with two attached hydrogens (primary N) is 1. The molecule has 2 aromatic rings. The molecule has 1 aromatic carbocycles. The fourth-order valence-corrected chi connectivity index (χ4v) is 3.30. The Hall–Kier alpha value is -1.26. The molecule has 0 fully saturated rings. The average molecular weight is 262 g/mol. The van der Waals surface area contributed by atoms with E-state index >= 15 is 0 Å². The Kier molecular flexibility index (Phi) is 4.44. The van der Waals surface area contributed by atoms with Crippen molar-refractivity contribution in [2.45, 2.75) is 25.1 Å². The molecule has 0 spiro atoms. The fraction of sp³-hybridized carbons (Fsp3) is 0.357. The molecule has 2 rings (SSSR count). The number of nitrogens with zero attached hydrogens (tertiary/aromatic N) is 1. The molecule has 0 saturated heterocycles. The van der Waals surface area contributed by atoms with Crippen LogP contribution in [-0.2, 0) is 16.6 Å². The van der Waals surface area contributed by atoms with Gasteiger partial charge in [-0.15, -0.1) is 0 Å². The van der Waals surface area contributed by atoms with Gasteiger partial charge in [0.2, 0.25) is 0 Å². The molecule has 0 aliphatic carbocycles. The minimum atomic E-state index is -0.910. The summed E-state index contributed by atoms with van der Waals surface area (Å²) in [5.41, 5.74) is 7.87. The van der Waals surface area contributed by atoms with Crippen molar-refractivity contribution >= 4 is 21.7 Å². The van der Waals surface area contributed by atoms with Gasteiger partial charge in [0.1, 0.15) is 0 Å². The molecule has 96 valence electrons. The van der Waals surface area contributed by atoms with E-state index in [-0.39, 0.29) is 6.04 Å². The zero-order chi connectivity index (χ0) is 13.0. The van der Waals surface area contributed by atoms with Crippen molar-refractivity contribution in [1.29, 1.82) is 0 Å². The Morgan fingerprint density at radius 2 is 2.11 bits per heavy atom. The summed E-state index contributed by atoms with van der Waals surface area (Å²) in [6.45, 7) is 2.02. The van der Waals surface area contributed by atoms with Crippen LogP contribution in [0.2, 0.25) is 0 Å². The minimum absolute atomic E-state index is 0.0268. The van der Waals surface area contributed by atoms with Gasteiger partial charge in [0.15, 0.2) is 0 Å². The highest BCUT2D eigenvalue weighted by molar-refractivity contribution is 7.84. The van der Waals surface area contributed by atoms with Gasteiger partial charge in [-0.05, 0) is 24.1 Å². The normalized spacial score (nSPS) is 14.6. The first-order valence-electron chi connectivity index (χ1n) is 6.14. The van der Waals surface area contributed by atoms with E-state index in [1.807, 2.05) is 37.3 Å². The van der Waals surface area contributed by atoms with E-state index in [1.165, 1.54) is 0 Å². The van der Waals surface area contributed by atoms with Gasteiger partial charge in [0, 0.05) is 39.9 Å². The van der Waals surface area contributed by atoms with Crippen molar-refractivity contribution in [2.24, 2.45) is 5.73 Å². The van der Waals surface area contributed by atoms with Crippen LogP contribution in [0.1, 0.15) is 18.9 Å². The predicted octanol–water partition coefficient (Wildman–Crippen LogP) is 2.22. The molecule has 4 heteroatoms. The van der Waals surface area contributed by atoms with Gasteiger partial charge in [-0.25, -0.2) is 0 Å². The van der Waals surface area contributed by atoms with E-state index in [4.69, 9.17) is 5.73 Å². The molecule has 18 heavy (non-hydrogen) atoms. The molecule has 2 unspecified atom stereocenters. The van der Waals surface area contributed by atoms with Crippen LogP contribution in [0.5, 0.6) is 0 Å². The highest BCUT2D eigenvalue weighted by Gasteiger charge is 2.09. The third kappa shape index (κ3) is 3.15. The molecule has 0 saturated carbocycles. The van der Waals surface area contributed by atoms with Crippen molar-refractivity contribution in [3.63, 3.8) is 0 Å². The van der Waals surface area contributed by atoms with E-state index in [0.29, 0.717) is 11.5 Å². The SMILES string of the molecule is CCC(N)CS(=O)Cc1ccnc2ccccc12. The van der Waals surface area contributed by atoms with Gasteiger partial charge in [0.25, 0.3) is 0 Å². The number of fused-ring (bicyclic) bond motifs is 1. The second-order valence-electron chi connectivity index (χ2n) is 4.41. The Morgan fingerprint density at radius 3 is 2.89 bits per heavy atom. The van der Waals surface area contributed by atoms with Crippen LogP contribution in [0.25, 0.3) is 10.9 Å². The monoisotopic (exact) mass is 262 g/mol. The molecule has 1 heterocycles. The number of para-hydroxylation sites is 1. The molecule has 0 bridgehead atoms. The molecule has 1 aromatic heterocycles. The number of pyridine rings is 1. The number of hydrogen-bond acceptors (Lipinski definition) is 3. The van der Waals surface area contributed by atoms with Crippen molar-refractivity contribution in [2.75, 3.05) is 5.75 Å². The Balaban J connectivity index is 2.19. The molecule has 3 nitrogen and oxygen atoms in total. The maximum atomic E-state index is 12.0. The van der Waals surface area contributed by atoms with Crippen LogP contribution in [0.4, 0.5) is 0 Å². The van der Waals surface area contributed by atoms with Crippen molar-refractivity contribution < 1.29 is 4.21 Å². The third-order valence-corrected chi connectivity index (χ3v) is 4.41. The molecule has 0 radical (unpaired) electrons. The molecule has 0 amide bonds. The van der Waals surface area contributed by atoms with Gasteiger partial charge in [-0.3, -0.25) is 9.19 Å². The van der Waals surface area contributed by atoms with Gasteiger partial charge in [0.05, 0.1) is 5.52 Å². The predicted molar refractivity (Wildman–Crippen MR) is 76.7 cm³/mol. The van der Waals surface area contributed by atoms with Crippen LogP contribution in [0.3, 0.4) is 0 Å². The lowest BCUT2D eigenvalue weighted by molar-refractivity contribution is 0.663. The summed E-state index contributed by atoms with van der Waals surface area (Å²) in [7, 11) is -0.910. The quantitative estimate of drug-likeness (QED) is 0.899. The van der Waals surface area contributed by atoms with Crippen molar-refractivity contribution in [3.8, 4) is 0 Å². The zero-order valence-electron chi connectivity index (χ0n) is 10.5. The van der Waals surface area contributed by atoms with Gasteiger partial charge in [-0.1, -0.05) is 25.1 Å². The van der Waals surface area contributed by atoms with Gasteiger partial charge in [-0.2, -0.15) is 0 Å². The maximum Gasteiger partial charge on any atom is 0.0705 e. The van der Waals surface area contributed by atoms with E-state index < -0.39 is 10.8 Å². The first kappa shape index (κ1) is 13.2. The third-order valence-electron chi connectivity index (χ3n) is 2.98. The highest BCUT2D eigenvalue weighted by Crippen LogP contribution is 2.17. The largest absolute Gasteiger partial charge is 0.327 e. The molecule has 0 aliphatic rings. The summed E-state index contributed by atoms with van der Waals surface area (Å²) < 4.78 is 12.0. The van der Waals surface area contributed by atoms with Crippen LogP contribution < -0.4 is 5.73 Å². The number of rotatable bonds is 5. The molecular weight excluding hydrogens is 244 g/mol. The smallest absolute Gasteiger partial charge is 0.0705 e. The molecule has 0 aliphatic heterocycles. The summed E-state index contributed by atoms with van der Waals surface area (Å²) in [4.78, 5) is 4.30. The lowest BCUT2D eigenvalue weighted by Gasteiger charge is -2.09. The van der Waals surface area contributed by atoms with E-state index in [1.54, 1.807) is 6.20 Å². The summed E-state index contributed by atoms with van der Waals surface area (Å²) in [5.74, 6) is 1.11. The lowest BCUT2D eigenvalue weighted by atomic mass is 10.1. The topological polar surface area (TPSA) is 56.0 Å². The van der Waals surface area contributed by atoms with Crippen LogP contribution in [0, 0.1) is 0 Å². The van der Waals surface area contributed by atoms with Gasteiger partial charge >= 0.3 is 0 Å². The molecule has 2 N–H and O–H groups in total. The maximum absolute atomic E-state index is 12.0. The van der Waals surface area contributed by atoms with E-state index in [2.05, 4.69) is 4.98 Å². The van der Waals surface area contributed by atoms with Gasteiger partial charge < -0.3 is 5.73 Å². The highest BCUT2D eigenvalue weighted by atomic mass is 32.2. The molecular formula is C14H18N2OS. The Bertz CT molecular complexity index is 551. The van der Waals surface area contributed by atoms with Crippen molar-refractivity contribution in [1.82, 2.24) is 4.98 Å². The summed E-state index contributed by atoms with van der Waals surface area (Å²) in [5, 5.41) is 1.08. The average Bonchev–Trinajstić information content (AvgIpc) is 2.39. The second kappa shape index (κ2) is 6.07. The van der Waals surface area contributed by atoms with E-state index in [9.17, 15) is 4.21 Å². The fourth-order valence-electron chi connectivity index (χ4n) is 1.87. The van der Waals surface area contributed by atoms with Crippen LogP contribution >= 0.6 is 0 Å². The summed E-state index contributed by atoms with van der Waals surface area (Å²) >= 11 is 0. The molecule has 2 atom stereocenters. The number of aromatic nitrogens is 1. The van der Waals surface area contributed by atoms with Crippen molar-refractivity contribution in [3.05, 3.63) is 42.1 Å². The Morgan fingerprint density at radius 1 is 1.33 bits per heavy atom. The van der Waals surface area contributed by atoms with E-state index in [0.717, 1.165) is 22.9 Å². The summed E-state index contributed by atoms with van der Waals surface area (Å²) in [6, 6.07) is 9.90.